The van der Waals surface area contributed by atoms with E-state index in [1.807, 2.05) is 50.8 Å². The first-order chi connectivity index (χ1) is 18.1. The van der Waals surface area contributed by atoms with E-state index in [1.165, 1.54) is 5.56 Å². The SMILES string of the molecule is CCC(Cc1ccc(-c2ccc(CN3CCN(C(=O)C(C)(C)C)CC3)cc2)c(OCCCOC)c1)C(=O)O. The molecule has 1 fully saturated rings. The Hall–Kier alpha value is -2.90. The summed E-state index contributed by atoms with van der Waals surface area (Å²) in [5, 5.41) is 9.48. The third-order valence-electron chi connectivity index (χ3n) is 7.09. The Balaban J connectivity index is 1.69. The molecule has 0 spiro atoms. The van der Waals surface area contributed by atoms with Gasteiger partial charge in [-0.2, -0.15) is 0 Å². The molecule has 7 nitrogen and oxygen atoms in total. The van der Waals surface area contributed by atoms with Crippen LogP contribution in [0.4, 0.5) is 0 Å². The van der Waals surface area contributed by atoms with Gasteiger partial charge in [-0.1, -0.05) is 64.1 Å². The molecule has 1 aliphatic rings. The minimum absolute atomic E-state index is 0.223. The standard InChI is InChI=1S/C31H44N2O5/c1-6-25(29(34)35)20-24-10-13-27(28(21-24)38-19-7-18-37-5)26-11-8-23(9-12-26)22-32-14-16-33(17-15-32)30(36)31(2,3)4/h8-13,21,25H,6-7,14-20,22H2,1-5H3,(H,34,35). The first-order valence-corrected chi connectivity index (χ1v) is 13.7. The van der Waals surface area contributed by atoms with Crippen LogP contribution < -0.4 is 4.74 Å². The van der Waals surface area contributed by atoms with Crippen molar-refractivity contribution in [3.8, 4) is 16.9 Å². The topological polar surface area (TPSA) is 79.3 Å². The number of amides is 1. The predicted octanol–water partition coefficient (Wildman–Crippen LogP) is 5.11. The van der Waals surface area contributed by atoms with E-state index in [4.69, 9.17) is 9.47 Å². The molecule has 0 aromatic heterocycles. The molecular formula is C31H44N2O5. The summed E-state index contributed by atoms with van der Waals surface area (Å²) in [6.07, 6.45) is 1.85. The molecule has 1 atom stereocenters. The largest absolute Gasteiger partial charge is 0.493 e. The van der Waals surface area contributed by atoms with E-state index < -0.39 is 11.9 Å². The van der Waals surface area contributed by atoms with E-state index in [0.717, 1.165) is 61.6 Å². The fourth-order valence-electron chi connectivity index (χ4n) is 4.76. The maximum absolute atomic E-state index is 12.6. The number of carboxylic acid groups (broad SMARTS) is 1. The number of rotatable bonds is 12. The number of hydrogen-bond donors (Lipinski definition) is 1. The Labute approximate surface area is 227 Å². The van der Waals surface area contributed by atoms with Crippen molar-refractivity contribution in [1.29, 1.82) is 0 Å². The van der Waals surface area contributed by atoms with Crippen LogP contribution >= 0.6 is 0 Å². The molecule has 38 heavy (non-hydrogen) atoms. The average Bonchev–Trinajstić information content (AvgIpc) is 2.90. The van der Waals surface area contributed by atoms with Gasteiger partial charge < -0.3 is 19.5 Å². The van der Waals surface area contributed by atoms with Crippen molar-refractivity contribution in [1.82, 2.24) is 9.80 Å². The fraction of sp³-hybridized carbons (Fsp3) is 0.548. The van der Waals surface area contributed by atoms with E-state index in [-0.39, 0.29) is 11.3 Å². The van der Waals surface area contributed by atoms with E-state index in [0.29, 0.717) is 26.1 Å². The lowest BCUT2D eigenvalue weighted by Crippen LogP contribution is -2.51. The second kappa shape index (κ2) is 13.8. The van der Waals surface area contributed by atoms with Gasteiger partial charge in [0.15, 0.2) is 0 Å². The number of carbonyl (C=O) groups is 2. The number of carbonyl (C=O) groups excluding carboxylic acids is 1. The van der Waals surface area contributed by atoms with Crippen molar-refractivity contribution in [2.75, 3.05) is 46.5 Å². The van der Waals surface area contributed by atoms with Crippen LogP contribution in [-0.4, -0.2) is 73.3 Å². The van der Waals surface area contributed by atoms with Gasteiger partial charge in [0.25, 0.3) is 0 Å². The van der Waals surface area contributed by atoms with Crippen LogP contribution in [0.25, 0.3) is 11.1 Å². The lowest BCUT2D eigenvalue weighted by atomic mass is 9.94. The summed E-state index contributed by atoms with van der Waals surface area (Å²) in [5.74, 6) is -0.181. The highest BCUT2D eigenvalue weighted by molar-refractivity contribution is 5.81. The Morgan fingerprint density at radius 3 is 2.21 bits per heavy atom. The minimum atomic E-state index is -0.767. The molecule has 1 N–H and O–H groups in total. The molecule has 0 radical (unpaired) electrons. The Morgan fingerprint density at radius 1 is 0.974 bits per heavy atom. The zero-order valence-corrected chi connectivity index (χ0v) is 23.7. The maximum atomic E-state index is 12.6. The van der Waals surface area contributed by atoms with Gasteiger partial charge in [-0.3, -0.25) is 14.5 Å². The number of benzene rings is 2. The minimum Gasteiger partial charge on any atom is -0.493 e. The van der Waals surface area contributed by atoms with E-state index in [9.17, 15) is 14.7 Å². The summed E-state index contributed by atoms with van der Waals surface area (Å²) in [7, 11) is 1.68. The molecule has 3 rings (SSSR count). The molecule has 1 amide bonds. The van der Waals surface area contributed by atoms with Crippen LogP contribution in [0.5, 0.6) is 5.75 Å². The highest BCUT2D eigenvalue weighted by Gasteiger charge is 2.29. The third kappa shape index (κ3) is 8.30. The van der Waals surface area contributed by atoms with Crippen LogP contribution in [0.15, 0.2) is 42.5 Å². The average molecular weight is 525 g/mol. The summed E-state index contributed by atoms with van der Waals surface area (Å²) in [6, 6.07) is 14.6. The lowest BCUT2D eigenvalue weighted by Gasteiger charge is -2.37. The van der Waals surface area contributed by atoms with Gasteiger partial charge in [0.2, 0.25) is 5.91 Å². The van der Waals surface area contributed by atoms with Gasteiger partial charge in [-0.05, 0) is 35.6 Å². The van der Waals surface area contributed by atoms with Gasteiger partial charge in [0.1, 0.15) is 5.75 Å². The summed E-state index contributed by atoms with van der Waals surface area (Å²) < 4.78 is 11.3. The molecule has 1 saturated heterocycles. The zero-order valence-electron chi connectivity index (χ0n) is 23.7. The van der Waals surface area contributed by atoms with Crippen LogP contribution in [0, 0.1) is 11.3 Å². The molecule has 208 valence electrons. The first kappa shape index (κ1) is 29.7. The Morgan fingerprint density at radius 2 is 1.63 bits per heavy atom. The number of hydrogen-bond acceptors (Lipinski definition) is 5. The molecule has 0 saturated carbocycles. The van der Waals surface area contributed by atoms with E-state index in [2.05, 4.69) is 29.2 Å². The fourth-order valence-corrected chi connectivity index (χ4v) is 4.76. The molecule has 1 aliphatic heterocycles. The number of carboxylic acids is 1. The second-order valence-corrected chi connectivity index (χ2v) is 11.2. The highest BCUT2D eigenvalue weighted by Crippen LogP contribution is 2.33. The summed E-state index contributed by atoms with van der Waals surface area (Å²) in [6.45, 7) is 13.1. The Kier molecular flexibility index (Phi) is 10.7. The van der Waals surface area contributed by atoms with Crippen LogP contribution in [0.3, 0.4) is 0 Å². The van der Waals surface area contributed by atoms with E-state index in [1.54, 1.807) is 7.11 Å². The summed E-state index contributed by atoms with van der Waals surface area (Å²) >= 11 is 0. The van der Waals surface area contributed by atoms with Gasteiger partial charge in [-0.25, -0.2) is 0 Å². The smallest absolute Gasteiger partial charge is 0.306 e. The van der Waals surface area contributed by atoms with Crippen molar-refractivity contribution >= 4 is 11.9 Å². The number of aliphatic carboxylic acids is 1. The van der Waals surface area contributed by atoms with Crippen LogP contribution in [0.2, 0.25) is 0 Å². The quantitative estimate of drug-likeness (QED) is 0.389. The molecule has 2 aromatic carbocycles. The number of nitrogens with zero attached hydrogens (tertiary/aromatic N) is 2. The van der Waals surface area contributed by atoms with Crippen molar-refractivity contribution in [2.45, 2.75) is 53.5 Å². The first-order valence-electron chi connectivity index (χ1n) is 13.7. The van der Waals surface area contributed by atoms with Gasteiger partial charge in [0.05, 0.1) is 12.5 Å². The maximum Gasteiger partial charge on any atom is 0.306 e. The van der Waals surface area contributed by atoms with Crippen molar-refractivity contribution in [2.24, 2.45) is 11.3 Å². The molecule has 7 heteroatoms. The molecule has 0 aliphatic carbocycles. The summed E-state index contributed by atoms with van der Waals surface area (Å²) in [4.78, 5) is 28.5. The highest BCUT2D eigenvalue weighted by atomic mass is 16.5. The monoisotopic (exact) mass is 524 g/mol. The van der Waals surface area contributed by atoms with Gasteiger partial charge >= 0.3 is 5.97 Å². The van der Waals surface area contributed by atoms with Crippen LogP contribution in [0.1, 0.15) is 51.7 Å². The van der Waals surface area contributed by atoms with Crippen molar-refractivity contribution < 1.29 is 24.2 Å². The molecule has 1 heterocycles. The van der Waals surface area contributed by atoms with Crippen LogP contribution in [-0.2, 0) is 27.3 Å². The predicted molar refractivity (Wildman–Crippen MR) is 150 cm³/mol. The molecule has 0 bridgehead atoms. The Bertz CT molecular complexity index is 1050. The molecule has 2 aromatic rings. The number of ether oxygens (including phenoxy) is 2. The second-order valence-electron chi connectivity index (χ2n) is 11.2. The normalized spacial score (nSPS) is 15.3. The van der Waals surface area contributed by atoms with E-state index >= 15 is 0 Å². The molecule has 1 unspecified atom stereocenters. The van der Waals surface area contributed by atoms with Crippen molar-refractivity contribution in [3.05, 3.63) is 53.6 Å². The summed E-state index contributed by atoms with van der Waals surface area (Å²) in [5.41, 5.74) is 3.92. The lowest BCUT2D eigenvalue weighted by molar-refractivity contribution is -0.142. The number of piperazine rings is 1. The van der Waals surface area contributed by atoms with Gasteiger partial charge in [0, 0.05) is 63.8 Å². The third-order valence-corrected chi connectivity index (χ3v) is 7.09. The van der Waals surface area contributed by atoms with Gasteiger partial charge in [-0.15, -0.1) is 0 Å². The van der Waals surface area contributed by atoms with Crippen molar-refractivity contribution in [3.63, 3.8) is 0 Å². The molecular weight excluding hydrogens is 480 g/mol. The number of methoxy groups -OCH3 is 1. The zero-order chi connectivity index (χ0) is 27.7.